The van der Waals surface area contributed by atoms with Crippen molar-refractivity contribution in [3.63, 3.8) is 0 Å². The normalized spacial score (nSPS) is 18.2. The number of nitrogens with one attached hydrogen (secondary N) is 2. The van der Waals surface area contributed by atoms with Crippen molar-refractivity contribution in [1.29, 1.82) is 0 Å². The average Bonchev–Trinajstić information content (AvgIpc) is 3.11. The summed E-state index contributed by atoms with van der Waals surface area (Å²) in [5.74, 6) is 0. The largest absolute Gasteiger partial charge is 0.368 e. The van der Waals surface area contributed by atoms with Gasteiger partial charge in [0, 0.05) is 29.7 Å². The van der Waals surface area contributed by atoms with Gasteiger partial charge in [-0.15, -0.1) is 0 Å². The number of aromatic amines is 1. The van der Waals surface area contributed by atoms with E-state index in [4.69, 9.17) is 4.74 Å². The van der Waals surface area contributed by atoms with Crippen molar-refractivity contribution in [3.05, 3.63) is 65.4 Å². The van der Waals surface area contributed by atoms with E-state index < -0.39 is 0 Å². The topological polar surface area (TPSA) is 57.4 Å². The highest BCUT2D eigenvalue weighted by Crippen LogP contribution is 2.43. The second-order valence-corrected chi connectivity index (χ2v) is 7.85. The number of fused-ring (bicyclic) bond motifs is 4. The van der Waals surface area contributed by atoms with Gasteiger partial charge in [-0.2, -0.15) is 0 Å². The van der Waals surface area contributed by atoms with Crippen molar-refractivity contribution in [2.45, 2.75) is 31.8 Å². The van der Waals surface area contributed by atoms with Crippen LogP contribution in [0.4, 0.5) is 10.5 Å². The molecule has 144 valence electrons. The average molecular weight is 375 g/mol. The second kappa shape index (κ2) is 6.67. The van der Waals surface area contributed by atoms with E-state index >= 15 is 0 Å². The zero-order valence-electron chi connectivity index (χ0n) is 16.1. The van der Waals surface area contributed by atoms with Gasteiger partial charge in [-0.25, -0.2) is 4.79 Å². The number of nitrogens with zero attached hydrogens (tertiary/aromatic N) is 1. The number of H-pyrrole nitrogens is 1. The molecule has 1 spiro atoms. The molecule has 0 saturated carbocycles. The van der Waals surface area contributed by atoms with E-state index in [9.17, 15) is 4.79 Å². The number of aromatic nitrogens is 1. The molecule has 28 heavy (non-hydrogen) atoms. The molecule has 5 rings (SSSR count). The molecule has 3 aromatic rings. The lowest BCUT2D eigenvalue weighted by Gasteiger charge is -2.43. The van der Waals surface area contributed by atoms with Gasteiger partial charge in [0.05, 0.1) is 12.3 Å². The Morgan fingerprint density at radius 2 is 1.86 bits per heavy atom. The van der Waals surface area contributed by atoms with Gasteiger partial charge in [0.1, 0.15) is 5.60 Å². The van der Waals surface area contributed by atoms with Crippen LogP contribution in [0.3, 0.4) is 0 Å². The van der Waals surface area contributed by atoms with Crippen LogP contribution in [-0.4, -0.2) is 35.6 Å². The fourth-order valence-electron chi connectivity index (χ4n) is 4.64. The molecule has 0 atom stereocenters. The number of benzene rings is 2. The SMILES string of the molecule is Cc1ccccc1NC(=O)N1CCC2(CC1)OCCc1c2[nH]c2ccccc12. The molecule has 3 heterocycles. The summed E-state index contributed by atoms with van der Waals surface area (Å²) in [7, 11) is 0. The van der Waals surface area contributed by atoms with Crippen molar-refractivity contribution in [3.8, 4) is 0 Å². The predicted octanol–water partition coefficient (Wildman–Crippen LogP) is 4.57. The Morgan fingerprint density at radius 1 is 1.11 bits per heavy atom. The number of aryl methyl sites for hydroxylation is 1. The predicted molar refractivity (Wildman–Crippen MR) is 111 cm³/mol. The lowest BCUT2D eigenvalue weighted by atomic mass is 9.83. The summed E-state index contributed by atoms with van der Waals surface area (Å²) >= 11 is 0. The number of piperidine rings is 1. The zero-order valence-corrected chi connectivity index (χ0v) is 16.1. The van der Waals surface area contributed by atoms with E-state index in [0.29, 0.717) is 13.1 Å². The number of para-hydroxylation sites is 2. The smallest absolute Gasteiger partial charge is 0.321 e. The Labute approximate surface area is 164 Å². The lowest BCUT2D eigenvalue weighted by Crippen LogP contribution is -2.49. The van der Waals surface area contributed by atoms with Crippen molar-refractivity contribution < 1.29 is 9.53 Å². The molecule has 2 aromatic carbocycles. The van der Waals surface area contributed by atoms with Gasteiger partial charge in [-0.1, -0.05) is 36.4 Å². The minimum atomic E-state index is -0.300. The van der Waals surface area contributed by atoms with Gasteiger partial charge < -0.3 is 19.9 Å². The molecular weight excluding hydrogens is 350 g/mol. The van der Waals surface area contributed by atoms with Crippen LogP contribution in [0, 0.1) is 6.92 Å². The highest BCUT2D eigenvalue weighted by Gasteiger charge is 2.43. The molecular formula is C23H25N3O2. The molecule has 1 aromatic heterocycles. The zero-order chi connectivity index (χ0) is 19.1. The van der Waals surface area contributed by atoms with Crippen LogP contribution < -0.4 is 5.32 Å². The molecule has 1 fully saturated rings. The van der Waals surface area contributed by atoms with E-state index in [1.54, 1.807) is 0 Å². The molecule has 2 aliphatic rings. The first kappa shape index (κ1) is 17.3. The van der Waals surface area contributed by atoms with Gasteiger partial charge in [0.25, 0.3) is 0 Å². The fourth-order valence-corrected chi connectivity index (χ4v) is 4.64. The van der Waals surface area contributed by atoms with E-state index in [-0.39, 0.29) is 11.6 Å². The molecule has 2 N–H and O–H groups in total. The van der Waals surface area contributed by atoms with Crippen LogP contribution >= 0.6 is 0 Å². The van der Waals surface area contributed by atoms with Gasteiger partial charge >= 0.3 is 6.03 Å². The Hall–Kier alpha value is -2.79. The summed E-state index contributed by atoms with van der Waals surface area (Å²) in [5.41, 5.74) is 5.43. The Bertz CT molecular complexity index is 1030. The number of carbonyl (C=O) groups is 1. The number of urea groups is 1. The fraction of sp³-hybridized carbons (Fsp3) is 0.348. The Balaban J connectivity index is 1.35. The number of amides is 2. The molecule has 0 bridgehead atoms. The first-order valence-electron chi connectivity index (χ1n) is 10.0. The van der Waals surface area contributed by atoms with Crippen molar-refractivity contribution >= 4 is 22.6 Å². The number of anilines is 1. The Morgan fingerprint density at radius 3 is 2.68 bits per heavy atom. The maximum Gasteiger partial charge on any atom is 0.321 e. The summed E-state index contributed by atoms with van der Waals surface area (Å²) in [6.45, 7) is 4.12. The standard InChI is InChI=1S/C23H25N3O2/c1-16-6-2-4-8-19(16)25-22(27)26-13-11-23(12-14-26)21-18(10-15-28-23)17-7-3-5-9-20(17)24-21/h2-9,24H,10-15H2,1H3,(H,25,27). The van der Waals surface area contributed by atoms with Gasteiger partial charge in [0.15, 0.2) is 0 Å². The molecule has 5 heteroatoms. The number of hydrogen-bond acceptors (Lipinski definition) is 2. The van der Waals surface area contributed by atoms with Crippen LogP contribution in [0.25, 0.3) is 10.9 Å². The molecule has 0 unspecified atom stereocenters. The van der Waals surface area contributed by atoms with Crippen LogP contribution in [0.2, 0.25) is 0 Å². The maximum atomic E-state index is 12.7. The van der Waals surface area contributed by atoms with E-state index in [1.807, 2.05) is 36.1 Å². The number of hydrogen-bond donors (Lipinski definition) is 2. The summed E-state index contributed by atoms with van der Waals surface area (Å²) in [6, 6.07) is 16.3. The van der Waals surface area contributed by atoms with E-state index in [0.717, 1.165) is 37.1 Å². The highest BCUT2D eigenvalue weighted by atomic mass is 16.5. The third-order valence-corrected chi connectivity index (χ3v) is 6.24. The molecule has 2 amide bonds. The molecule has 2 aliphatic heterocycles. The summed E-state index contributed by atoms with van der Waals surface area (Å²) in [5, 5.41) is 4.36. The maximum absolute atomic E-state index is 12.7. The number of rotatable bonds is 1. The van der Waals surface area contributed by atoms with Crippen LogP contribution in [0.1, 0.15) is 29.7 Å². The molecule has 5 nitrogen and oxygen atoms in total. The summed E-state index contributed by atoms with van der Waals surface area (Å²) < 4.78 is 6.34. The second-order valence-electron chi connectivity index (χ2n) is 7.85. The highest BCUT2D eigenvalue weighted by molar-refractivity contribution is 5.90. The summed E-state index contributed by atoms with van der Waals surface area (Å²) in [4.78, 5) is 18.3. The minimum absolute atomic E-state index is 0.0307. The number of likely N-dealkylation sites (tertiary alicyclic amines) is 1. The minimum Gasteiger partial charge on any atom is -0.368 e. The first-order valence-corrected chi connectivity index (χ1v) is 10.0. The van der Waals surface area contributed by atoms with Crippen molar-refractivity contribution in [1.82, 2.24) is 9.88 Å². The van der Waals surface area contributed by atoms with Crippen molar-refractivity contribution in [2.75, 3.05) is 25.0 Å². The van der Waals surface area contributed by atoms with E-state index in [1.165, 1.54) is 22.2 Å². The van der Waals surface area contributed by atoms with Gasteiger partial charge in [0.2, 0.25) is 0 Å². The van der Waals surface area contributed by atoms with E-state index in [2.05, 4.69) is 34.6 Å². The third-order valence-electron chi connectivity index (χ3n) is 6.24. The quantitative estimate of drug-likeness (QED) is 0.654. The van der Waals surface area contributed by atoms with Crippen molar-refractivity contribution in [2.24, 2.45) is 0 Å². The van der Waals surface area contributed by atoms with Crippen LogP contribution in [-0.2, 0) is 16.8 Å². The third kappa shape index (κ3) is 2.78. The van der Waals surface area contributed by atoms with Gasteiger partial charge in [-0.3, -0.25) is 0 Å². The lowest BCUT2D eigenvalue weighted by molar-refractivity contribution is -0.0943. The Kier molecular flexibility index (Phi) is 4.13. The van der Waals surface area contributed by atoms with Crippen LogP contribution in [0.15, 0.2) is 48.5 Å². The van der Waals surface area contributed by atoms with Gasteiger partial charge in [-0.05, 0) is 49.4 Å². The number of carbonyl (C=O) groups excluding carboxylic acids is 1. The molecule has 1 saturated heterocycles. The monoisotopic (exact) mass is 375 g/mol. The van der Waals surface area contributed by atoms with Crippen LogP contribution in [0.5, 0.6) is 0 Å². The first-order chi connectivity index (χ1) is 13.7. The number of ether oxygens (including phenoxy) is 1. The molecule has 0 radical (unpaired) electrons. The molecule has 0 aliphatic carbocycles. The summed E-state index contributed by atoms with van der Waals surface area (Å²) in [6.07, 6.45) is 2.57.